The van der Waals surface area contributed by atoms with E-state index in [2.05, 4.69) is 29.8 Å². The van der Waals surface area contributed by atoms with Crippen LogP contribution in [0.1, 0.15) is 72.6 Å². The predicted octanol–water partition coefficient (Wildman–Crippen LogP) is 2.18. The van der Waals surface area contributed by atoms with Gasteiger partial charge in [0.2, 0.25) is 17.7 Å². The van der Waals surface area contributed by atoms with E-state index in [0.29, 0.717) is 44.6 Å². The number of hydrogen-bond donors (Lipinski definition) is 3. The first kappa shape index (κ1) is 28.8. The molecule has 1 rings (SSSR count). The summed E-state index contributed by atoms with van der Waals surface area (Å²) in [5.74, 6) is -0.328. The number of likely N-dealkylation sites (tertiary alicyclic amines) is 1. The van der Waals surface area contributed by atoms with Crippen LogP contribution < -0.4 is 16.0 Å². The van der Waals surface area contributed by atoms with Crippen LogP contribution in [-0.2, 0) is 19.2 Å². The van der Waals surface area contributed by atoms with Gasteiger partial charge in [0.15, 0.2) is 0 Å². The smallest absolute Gasteiger partial charge is 0.243 e. The molecule has 0 aromatic rings. The van der Waals surface area contributed by atoms with Crippen LogP contribution in [0, 0.1) is 11.8 Å². The van der Waals surface area contributed by atoms with Crippen molar-refractivity contribution in [3.63, 3.8) is 0 Å². The Morgan fingerprint density at radius 2 is 1.79 bits per heavy atom. The van der Waals surface area contributed by atoms with Crippen molar-refractivity contribution in [2.45, 2.75) is 90.8 Å². The molecule has 1 saturated heterocycles. The van der Waals surface area contributed by atoms with Crippen molar-refractivity contribution in [3.05, 3.63) is 12.2 Å². The molecule has 0 aliphatic carbocycles. The second-order valence-corrected chi connectivity index (χ2v) is 9.35. The fourth-order valence-electron chi connectivity index (χ4n) is 4.14. The maximum absolute atomic E-state index is 13.1. The van der Waals surface area contributed by atoms with Crippen LogP contribution in [0.5, 0.6) is 0 Å². The summed E-state index contributed by atoms with van der Waals surface area (Å²) in [4.78, 5) is 51.6. The number of likely N-dealkylation sites (N-methyl/N-ethyl adjacent to an activating group) is 2. The second-order valence-electron chi connectivity index (χ2n) is 9.35. The summed E-state index contributed by atoms with van der Waals surface area (Å²) < 4.78 is 0. The van der Waals surface area contributed by atoms with Gasteiger partial charge in [-0.25, -0.2) is 0 Å². The van der Waals surface area contributed by atoms with Crippen LogP contribution in [0.25, 0.3) is 0 Å². The van der Waals surface area contributed by atoms with Gasteiger partial charge in [-0.15, -0.1) is 0 Å². The Balaban J connectivity index is 2.77. The summed E-state index contributed by atoms with van der Waals surface area (Å²) >= 11 is 0. The number of hydrogen-bond acceptors (Lipinski definition) is 5. The van der Waals surface area contributed by atoms with E-state index in [4.69, 9.17) is 0 Å². The molecular weight excluding hydrogens is 420 g/mol. The van der Waals surface area contributed by atoms with Crippen molar-refractivity contribution < 1.29 is 19.2 Å². The number of Topliss-reactive ketones (excluding diaryl/α,β-unsaturated/α-hetero) is 1. The molecule has 3 N–H and O–H groups in total. The molecule has 1 heterocycles. The van der Waals surface area contributed by atoms with Crippen LogP contribution in [0.3, 0.4) is 0 Å². The van der Waals surface area contributed by atoms with Crippen molar-refractivity contribution in [2.75, 3.05) is 20.6 Å². The largest absolute Gasteiger partial charge is 0.357 e. The van der Waals surface area contributed by atoms with Crippen molar-refractivity contribution in [1.29, 1.82) is 0 Å². The summed E-state index contributed by atoms with van der Waals surface area (Å²) in [6.07, 6.45) is 8.04. The lowest BCUT2D eigenvalue weighted by Gasteiger charge is -2.28. The number of nitrogens with zero attached hydrogens (tertiary/aromatic N) is 1. The number of amides is 3. The third kappa shape index (κ3) is 9.66. The molecule has 4 atom stereocenters. The molecule has 33 heavy (non-hydrogen) atoms. The van der Waals surface area contributed by atoms with E-state index < -0.39 is 12.1 Å². The Bertz CT molecular complexity index is 692. The van der Waals surface area contributed by atoms with E-state index in [-0.39, 0.29) is 35.5 Å². The van der Waals surface area contributed by atoms with Gasteiger partial charge in [0.25, 0.3) is 0 Å². The number of carbonyl (C=O) groups is 4. The van der Waals surface area contributed by atoms with Gasteiger partial charge in [-0.3, -0.25) is 19.2 Å². The first-order valence-corrected chi connectivity index (χ1v) is 12.3. The van der Waals surface area contributed by atoms with E-state index >= 15 is 0 Å². The highest BCUT2D eigenvalue weighted by Crippen LogP contribution is 2.21. The lowest BCUT2D eigenvalue weighted by atomic mass is 10.0. The topological polar surface area (TPSA) is 108 Å². The van der Waals surface area contributed by atoms with Crippen molar-refractivity contribution in [2.24, 2.45) is 11.8 Å². The standard InChI is InChI=1S/C25H44N4O4/c1-7-20(30)10-8-11-21(23(31)27-6)28-24(32)22-12-9-15-29(22)25(33)18(4)13-14-19(26-5)16-17(2)3/h13-14,17-19,21-22,26H,7-12,15-16H2,1-6H3,(H,27,31)(H,28,32)/b14-13+/t18-,19+,21?,22?/m0/s1. The molecule has 0 aromatic heterocycles. The summed E-state index contributed by atoms with van der Waals surface area (Å²) in [5.41, 5.74) is 0. The fraction of sp³-hybridized carbons (Fsp3) is 0.760. The van der Waals surface area contributed by atoms with E-state index in [1.54, 1.807) is 4.90 Å². The molecule has 0 spiro atoms. The van der Waals surface area contributed by atoms with Gasteiger partial charge in [-0.05, 0) is 45.1 Å². The van der Waals surface area contributed by atoms with Crippen LogP contribution in [0.4, 0.5) is 0 Å². The van der Waals surface area contributed by atoms with Gasteiger partial charge in [0.1, 0.15) is 17.9 Å². The highest BCUT2D eigenvalue weighted by atomic mass is 16.2. The highest BCUT2D eigenvalue weighted by Gasteiger charge is 2.36. The minimum Gasteiger partial charge on any atom is -0.357 e. The second kappa shape index (κ2) is 14.8. The molecule has 2 unspecified atom stereocenters. The molecule has 1 aliphatic heterocycles. The zero-order chi connectivity index (χ0) is 25.0. The zero-order valence-corrected chi connectivity index (χ0v) is 21.3. The molecule has 0 saturated carbocycles. The SMILES string of the molecule is CCC(=O)CCCC(NC(=O)C1CCCN1C(=O)[C@@H](C)/C=C/[C@H](CC(C)C)NC)C(=O)NC. The van der Waals surface area contributed by atoms with Crippen LogP contribution in [-0.4, -0.2) is 67.2 Å². The lowest BCUT2D eigenvalue weighted by Crippen LogP contribution is -2.53. The third-order valence-corrected chi connectivity index (χ3v) is 6.18. The summed E-state index contributed by atoms with van der Waals surface area (Å²) in [6.45, 7) is 8.52. The van der Waals surface area contributed by atoms with E-state index in [1.807, 2.05) is 33.0 Å². The predicted molar refractivity (Wildman–Crippen MR) is 130 cm³/mol. The number of nitrogens with one attached hydrogen (secondary N) is 3. The molecule has 8 heteroatoms. The minimum absolute atomic E-state index is 0.0756. The maximum atomic E-state index is 13.1. The van der Waals surface area contributed by atoms with Gasteiger partial charge in [-0.2, -0.15) is 0 Å². The molecule has 8 nitrogen and oxygen atoms in total. The molecule has 0 bridgehead atoms. The number of ketones is 1. The molecule has 3 amide bonds. The van der Waals surface area contributed by atoms with Gasteiger partial charge in [0, 0.05) is 32.5 Å². The summed E-state index contributed by atoms with van der Waals surface area (Å²) in [6, 6.07) is -1.09. The Kier molecular flexibility index (Phi) is 13.0. The summed E-state index contributed by atoms with van der Waals surface area (Å²) in [5, 5.41) is 8.65. The maximum Gasteiger partial charge on any atom is 0.243 e. The van der Waals surface area contributed by atoms with Crippen molar-refractivity contribution in [1.82, 2.24) is 20.9 Å². The first-order valence-electron chi connectivity index (χ1n) is 12.3. The Morgan fingerprint density at radius 1 is 1.09 bits per heavy atom. The van der Waals surface area contributed by atoms with Crippen molar-refractivity contribution in [3.8, 4) is 0 Å². The van der Waals surface area contributed by atoms with E-state index in [1.165, 1.54) is 7.05 Å². The van der Waals surface area contributed by atoms with E-state index in [9.17, 15) is 19.2 Å². The quantitative estimate of drug-likeness (QED) is 0.342. The molecule has 0 radical (unpaired) electrons. The van der Waals surface area contributed by atoms with Gasteiger partial charge in [0.05, 0.1) is 5.92 Å². The van der Waals surface area contributed by atoms with Gasteiger partial charge < -0.3 is 20.9 Å². The molecule has 1 fully saturated rings. The Morgan fingerprint density at radius 3 is 2.36 bits per heavy atom. The monoisotopic (exact) mass is 464 g/mol. The first-order chi connectivity index (χ1) is 15.6. The Hall–Kier alpha value is -2.22. The van der Waals surface area contributed by atoms with Crippen LogP contribution >= 0.6 is 0 Å². The van der Waals surface area contributed by atoms with Crippen LogP contribution in [0.2, 0.25) is 0 Å². The number of rotatable bonds is 14. The molecular formula is C25H44N4O4. The lowest BCUT2D eigenvalue weighted by molar-refractivity contribution is -0.141. The van der Waals surface area contributed by atoms with Crippen molar-refractivity contribution >= 4 is 23.5 Å². The molecule has 0 aromatic carbocycles. The third-order valence-electron chi connectivity index (χ3n) is 6.18. The normalized spacial score (nSPS) is 18.9. The number of carbonyl (C=O) groups excluding carboxylic acids is 4. The average Bonchev–Trinajstić information content (AvgIpc) is 3.29. The summed E-state index contributed by atoms with van der Waals surface area (Å²) in [7, 11) is 3.43. The van der Waals surface area contributed by atoms with Crippen LogP contribution in [0.15, 0.2) is 12.2 Å². The minimum atomic E-state index is -0.713. The average molecular weight is 465 g/mol. The molecule has 1 aliphatic rings. The molecule has 188 valence electrons. The van der Waals surface area contributed by atoms with Gasteiger partial charge >= 0.3 is 0 Å². The van der Waals surface area contributed by atoms with Gasteiger partial charge in [-0.1, -0.05) is 39.8 Å². The fourth-order valence-corrected chi connectivity index (χ4v) is 4.14. The van der Waals surface area contributed by atoms with E-state index in [0.717, 1.165) is 12.8 Å². The zero-order valence-electron chi connectivity index (χ0n) is 21.3. The Labute approximate surface area is 199 Å². The highest BCUT2D eigenvalue weighted by molar-refractivity contribution is 5.93.